The molecule has 0 spiro atoms. The second kappa shape index (κ2) is 5.52. The van der Waals surface area contributed by atoms with E-state index in [1.54, 1.807) is 6.07 Å². The molecule has 1 aromatic rings. The van der Waals surface area contributed by atoms with Crippen LogP contribution in [0.25, 0.3) is 0 Å². The number of rotatable bonds is 4. The van der Waals surface area contributed by atoms with E-state index >= 15 is 0 Å². The maximum Gasteiger partial charge on any atom is 0.313 e. The van der Waals surface area contributed by atoms with E-state index in [0.717, 1.165) is 25.2 Å². The summed E-state index contributed by atoms with van der Waals surface area (Å²) in [6.45, 7) is 1.46. The Balaban J connectivity index is 2.16. The van der Waals surface area contributed by atoms with Gasteiger partial charge in [0, 0.05) is 10.9 Å². The van der Waals surface area contributed by atoms with Crippen molar-refractivity contribution in [2.24, 2.45) is 5.92 Å². The van der Waals surface area contributed by atoms with Gasteiger partial charge in [0.1, 0.15) is 0 Å². The molecular weight excluding hydrogens is 240 g/mol. The molecule has 1 aliphatic heterocycles. The minimum Gasteiger partial charge on any atom is -0.469 e. The normalized spacial score (nSPS) is 17.3. The predicted molar refractivity (Wildman–Crippen MR) is 65.1 cm³/mol. The summed E-state index contributed by atoms with van der Waals surface area (Å²) in [4.78, 5) is 11.8. The van der Waals surface area contributed by atoms with Gasteiger partial charge in [-0.05, 0) is 24.1 Å². The molecule has 2 rings (SSSR count). The predicted octanol–water partition coefficient (Wildman–Crippen LogP) is 2.63. The molecular formula is C13H15ClO3. The Labute approximate surface area is 106 Å². The summed E-state index contributed by atoms with van der Waals surface area (Å²) in [6, 6.07) is 7.38. The number of methoxy groups -OCH3 is 1. The molecule has 1 aliphatic rings. The van der Waals surface area contributed by atoms with Crippen LogP contribution in [0.3, 0.4) is 0 Å². The van der Waals surface area contributed by atoms with Crippen molar-refractivity contribution in [3.8, 4) is 0 Å². The highest BCUT2D eigenvalue weighted by molar-refractivity contribution is 6.30. The molecule has 1 saturated heterocycles. The molecule has 3 nitrogen and oxygen atoms in total. The maximum atomic E-state index is 11.8. The fourth-order valence-electron chi connectivity index (χ4n) is 1.99. The summed E-state index contributed by atoms with van der Waals surface area (Å²) < 4.78 is 9.98. The molecule has 92 valence electrons. The molecule has 0 saturated carbocycles. The smallest absolute Gasteiger partial charge is 0.313 e. The Hall–Kier alpha value is -1.06. The Morgan fingerprint density at radius 3 is 2.88 bits per heavy atom. The summed E-state index contributed by atoms with van der Waals surface area (Å²) in [6.07, 6.45) is 0.757. The molecule has 0 radical (unpaired) electrons. The zero-order chi connectivity index (χ0) is 12.3. The maximum absolute atomic E-state index is 11.8. The van der Waals surface area contributed by atoms with Crippen LogP contribution in [0.5, 0.6) is 0 Å². The lowest BCUT2D eigenvalue weighted by Gasteiger charge is -2.29. The molecule has 0 aromatic heterocycles. The zero-order valence-corrected chi connectivity index (χ0v) is 10.4. The lowest BCUT2D eigenvalue weighted by atomic mass is 9.88. The fraction of sp³-hybridized carbons (Fsp3) is 0.462. The average molecular weight is 255 g/mol. The van der Waals surface area contributed by atoms with E-state index in [1.807, 2.05) is 18.2 Å². The van der Waals surface area contributed by atoms with Crippen molar-refractivity contribution in [2.75, 3.05) is 20.3 Å². The van der Waals surface area contributed by atoms with Gasteiger partial charge in [-0.25, -0.2) is 0 Å². The second-order valence-electron chi connectivity index (χ2n) is 4.27. The van der Waals surface area contributed by atoms with Crippen LogP contribution in [0.1, 0.15) is 17.9 Å². The standard InChI is InChI=1S/C13H15ClO3/c1-16-13(15)12(5-9-7-17-8-9)10-3-2-4-11(14)6-10/h2-4,6,9,12H,5,7-8H2,1H3. The molecule has 0 aliphatic carbocycles. The Morgan fingerprint density at radius 1 is 1.59 bits per heavy atom. The first kappa shape index (κ1) is 12.4. The Morgan fingerprint density at radius 2 is 2.35 bits per heavy atom. The molecule has 0 amide bonds. The van der Waals surface area contributed by atoms with Crippen LogP contribution in [0.2, 0.25) is 5.02 Å². The highest BCUT2D eigenvalue weighted by Crippen LogP contribution is 2.30. The first-order chi connectivity index (χ1) is 8.20. The van der Waals surface area contributed by atoms with Gasteiger partial charge >= 0.3 is 5.97 Å². The summed E-state index contributed by atoms with van der Waals surface area (Å²) >= 11 is 5.94. The summed E-state index contributed by atoms with van der Waals surface area (Å²) in [5.74, 6) is -0.00940. The number of hydrogen-bond donors (Lipinski definition) is 0. The Kier molecular flexibility index (Phi) is 4.02. The van der Waals surface area contributed by atoms with Gasteiger partial charge in [0.25, 0.3) is 0 Å². The van der Waals surface area contributed by atoms with E-state index in [9.17, 15) is 4.79 Å². The van der Waals surface area contributed by atoms with Crippen LogP contribution in [0.4, 0.5) is 0 Å². The van der Waals surface area contributed by atoms with E-state index in [4.69, 9.17) is 21.1 Å². The van der Waals surface area contributed by atoms with E-state index < -0.39 is 0 Å². The van der Waals surface area contributed by atoms with E-state index in [2.05, 4.69) is 0 Å². The van der Waals surface area contributed by atoms with Gasteiger partial charge in [0.05, 0.1) is 26.2 Å². The van der Waals surface area contributed by atoms with Gasteiger partial charge in [-0.1, -0.05) is 23.7 Å². The van der Waals surface area contributed by atoms with Crippen molar-refractivity contribution in [3.63, 3.8) is 0 Å². The number of carbonyl (C=O) groups is 1. The van der Waals surface area contributed by atoms with Gasteiger partial charge in [0.2, 0.25) is 0 Å². The van der Waals surface area contributed by atoms with Gasteiger partial charge < -0.3 is 9.47 Å². The van der Waals surface area contributed by atoms with Crippen molar-refractivity contribution in [1.29, 1.82) is 0 Å². The van der Waals surface area contributed by atoms with Crippen LogP contribution in [0.15, 0.2) is 24.3 Å². The lowest BCUT2D eigenvalue weighted by molar-refractivity contribution is -0.144. The summed E-state index contributed by atoms with van der Waals surface area (Å²) in [5, 5.41) is 0.640. The number of carbonyl (C=O) groups excluding carboxylic acids is 1. The lowest BCUT2D eigenvalue weighted by Crippen LogP contribution is -2.31. The third-order valence-corrected chi connectivity index (χ3v) is 3.25. The molecule has 1 unspecified atom stereocenters. The van der Waals surface area contributed by atoms with Crippen molar-refractivity contribution in [3.05, 3.63) is 34.9 Å². The van der Waals surface area contributed by atoms with Gasteiger partial charge in [-0.2, -0.15) is 0 Å². The third-order valence-electron chi connectivity index (χ3n) is 3.01. The largest absolute Gasteiger partial charge is 0.469 e. The monoisotopic (exact) mass is 254 g/mol. The van der Waals surface area contributed by atoms with E-state index in [0.29, 0.717) is 10.9 Å². The van der Waals surface area contributed by atoms with Crippen LogP contribution in [-0.4, -0.2) is 26.3 Å². The molecule has 1 heterocycles. The molecule has 1 fully saturated rings. The van der Waals surface area contributed by atoms with Crippen molar-refractivity contribution in [1.82, 2.24) is 0 Å². The Bertz CT molecular complexity index is 401. The topological polar surface area (TPSA) is 35.5 Å². The van der Waals surface area contributed by atoms with Crippen LogP contribution < -0.4 is 0 Å². The number of hydrogen-bond acceptors (Lipinski definition) is 3. The van der Waals surface area contributed by atoms with E-state index in [1.165, 1.54) is 7.11 Å². The number of halogens is 1. The quantitative estimate of drug-likeness (QED) is 0.775. The average Bonchev–Trinajstić information content (AvgIpc) is 2.27. The van der Waals surface area contributed by atoms with Gasteiger partial charge in [-0.3, -0.25) is 4.79 Å². The summed E-state index contributed by atoms with van der Waals surface area (Å²) in [7, 11) is 1.41. The molecule has 0 N–H and O–H groups in total. The van der Waals surface area contributed by atoms with Gasteiger partial charge in [0.15, 0.2) is 0 Å². The van der Waals surface area contributed by atoms with Gasteiger partial charge in [-0.15, -0.1) is 0 Å². The summed E-state index contributed by atoms with van der Waals surface area (Å²) in [5.41, 5.74) is 0.913. The highest BCUT2D eigenvalue weighted by Gasteiger charge is 2.29. The second-order valence-corrected chi connectivity index (χ2v) is 4.71. The first-order valence-electron chi connectivity index (χ1n) is 5.61. The molecule has 1 aromatic carbocycles. The van der Waals surface area contributed by atoms with Crippen LogP contribution >= 0.6 is 11.6 Å². The minimum absolute atomic E-state index is 0.209. The fourth-order valence-corrected chi connectivity index (χ4v) is 2.19. The van der Waals surface area contributed by atoms with Crippen molar-refractivity contribution >= 4 is 17.6 Å². The highest BCUT2D eigenvalue weighted by atomic mass is 35.5. The zero-order valence-electron chi connectivity index (χ0n) is 9.69. The number of ether oxygens (including phenoxy) is 2. The van der Waals surface area contributed by atoms with Crippen LogP contribution in [-0.2, 0) is 14.3 Å². The first-order valence-corrected chi connectivity index (χ1v) is 5.99. The molecule has 4 heteroatoms. The third kappa shape index (κ3) is 2.99. The molecule has 17 heavy (non-hydrogen) atoms. The van der Waals surface area contributed by atoms with E-state index in [-0.39, 0.29) is 11.9 Å². The SMILES string of the molecule is COC(=O)C(CC1COC1)c1cccc(Cl)c1. The number of benzene rings is 1. The number of esters is 1. The van der Waals surface area contributed by atoms with Crippen molar-refractivity contribution < 1.29 is 14.3 Å². The molecule has 0 bridgehead atoms. The minimum atomic E-state index is -0.243. The van der Waals surface area contributed by atoms with Crippen LogP contribution in [0, 0.1) is 5.92 Å². The molecule has 1 atom stereocenters. The van der Waals surface area contributed by atoms with Crippen molar-refractivity contribution in [2.45, 2.75) is 12.3 Å².